The quantitative estimate of drug-likeness (QED) is 0.732. The Labute approximate surface area is 90.7 Å². The second kappa shape index (κ2) is 4.26. The Balaban J connectivity index is 2.47. The van der Waals surface area contributed by atoms with Crippen molar-refractivity contribution in [1.82, 2.24) is 0 Å². The molecule has 0 saturated carbocycles. The van der Waals surface area contributed by atoms with E-state index in [4.69, 9.17) is 21.1 Å². The lowest BCUT2D eigenvalue weighted by molar-refractivity contribution is -0.0463. The Morgan fingerprint density at radius 1 is 1.40 bits per heavy atom. The molecule has 1 aromatic carbocycles. The lowest BCUT2D eigenvalue weighted by Gasteiger charge is -2.13. The molecule has 1 saturated heterocycles. The van der Waals surface area contributed by atoms with Gasteiger partial charge in [0.05, 0.1) is 23.8 Å². The highest BCUT2D eigenvalue weighted by atomic mass is 35.5. The second-order valence-corrected chi connectivity index (χ2v) is 3.43. The molecule has 1 aromatic rings. The van der Waals surface area contributed by atoms with Crippen molar-refractivity contribution in [2.24, 2.45) is 0 Å². The first-order valence-electron chi connectivity index (χ1n) is 4.40. The fourth-order valence-electron chi connectivity index (χ4n) is 1.42. The topological polar surface area (TPSA) is 35.5 Å². The molecular weight excluding hydrogens is 223 g/mol. The van der Waals surface area contributed by atoms with E-state index >= 15 is 0 Å². The number of ether oxygens (including phenoxy) is 2. The van der Waals surface area contributed by atoms with Crippen LogP contribution >= 0.6 is 11.6 Å². The van der Waals surface area contributed by atoms with Crippen LogP contribution in [0.2, 0.25) is 5.02 Å². The van der Waals surface area contributed by atoms with Crippen LogP contribution in [0.5, 0.6) is 0 Å². The number of hydrogen-bond donors (Lipinski definition) is 0. The number of hydrogen-bond acceptors (Lipinski definition) is 3. The summed E-state index contributed by atoms with van der Waals surface area (Å²) >= 11 is 5.86. The van der Waals surface area contributed by atoms with Crippen LogP contribution in [0.15, 0.2) is 12.1 Å². The minimum absolute atomic E-state index is 0.0527. The normalized spacial score (nSPS) is 16.9. The zero-order valence-corrected chi connectivity index (χ0v) is 8.46. The van der Waals surface area contributed by atoms with Gasteiger partial charge < -0.3 is 9.47 Å². The zero-order valence-electron chi connectivity index (χ0n) is 7.70. The van der Waals surface area contributed by atoms with E-state index in [1.165, 1.54) is 12.1 Å². The van der Waals surface area contributed by atoms with Gasteiger partial charge in [-0.15, -0.1) is 0 Å². The SMILES string of the molecule is O=Cc1ccc(F)c(C2OCCO2)c1Cl. The Morgan fingerprint density at radius 3 is 2.67 bits per heavy atom. The summed E-state index contributed by atoms with van der Waals surface area (Å²) in [5, 5.41) is 0.0527. The van der Waals surface area contributed by atoms with Gasteiger partial charge in [0.2, 0.25) is 0 Å². The molecule has 80 valence electrons. The van der Waals surface area contributed by atoms with Crippen LogP contribution in [-0.4, -0.2) is 19.5 Å². The van der Waals surface area contributed by atoms with Gasteiger partial charge in [0.25, 0.3) is 0 Å². The number of rotatable bonds is 2. The average molecular weight is 231 g/mol. The van der Waals surface area contributed by atoms with E-state index in [0.717, 1.165) is 0 Å². The Hall–Kier alpha value is -0.970. The largest absolute Gasteiger partial charge is 0.346 e. The van der Waals surface area contributed by atoms with Gasteiger partial charge in [-0.3, -0.25) is 4.79 Å². The Bertz CT molecular complexity index is 388. The maximum Gasteiger partial charge on any atom is 0.188 e. The van der Waals surface area contributed by atoms with Gasteiger partial charge in [-0.2, -0.15) is 0 Å². The standard InChI is InChI=1S/C10H8ClFO3/c11-9-6(5-13)1-2-7(12)8(9)10-14-3-4-15-10/h1-2,5,10H,3-4H2. The smallest absolute Gasteiger partial charge is 0.188 e. The van der Waals surface area contributed by atoms with Gasteiger partial charge in [0.15, 0.2) is 12.6 Å². The minimum atomic E-state index is -0.808. The molecule has 2 rings (SSSR count). The molecule has 1 heterocycles. The van der Waals surface area contributed by atoms with Gasteiger partial charge in [-0.05, 0) is 12.1 Å². The predicted molar refractivity (Wildman–Crippen MR) is 51.4 cm³/mol. The maximum atomic E-state index is 13.5. The summed E-state index contributed by atoms with van der Waals surface area (Å²) in [6.07, 6.45) is -0.238. The van der Waals surface area contributed by atoms with Gasteiger partial charge in [0, 0.05) is 5.56 Å². The van der Waals surface area contributed by atoms with Crippen molar-refractivity contribution in [2.45, 2.75) is 6.29 Å². The fraction of sp³-hybridized carbons (Fsp3) is 0.300. The first-order valence-corrected chi connectivity index (χ1v) is 4.78. The van der Waals surface area contributed by atoms with Crippen molar-refractivity contribution in [3.05, 3.63) is 34.1 Å². The van der Waals surface area contributed by atoms with Crippen LogP contribution in [0.25, 0.3) is 0 Å². The van der Waals surface area contributed by atoms with Crippen LogP contribution in [-0.2, 0) is 9.47 Å². The lowest BCUT2D eigenvalue weighted by atomic mass is 10.1. The predicted octanol–water partition coefficient (Wildman–Crippen LogP) is 2.34. The minimum Gasteiger partial charge on any atom is -0.346 e. The van der Waals surface area contributed by atoms with E-state index in [1.54, 1.807) is 0 Å². The molecule has 0 spiro atoms. The summed E-state index contributed by atoms with van der Waals surface area (Å²) in [5.41, 5.74) is 0.325. The lowest BCUT2D eigenvalue weighted by Crippen LogP contribution is -2.04. The molecule has 0 aromatic heterocycles. The van der Waals surface area contributed by atoms with E-state index in [-0.39, 0.29) is 16.1 Å². The Morgan fingerprint density at radius 2 is 2.07 bits per heavy atom. The van der Waals surface area contributed by atoms with Crippen LogP contribution in [0.1, 0.15) is 22.2 Å². The Kier molecular flexibility index (Phi) is 3.00. The number of aldehydes is 1. The highest BCUT2D eigenvalue weighted by Gasteiger charge is 2.25. The van der Waals surface area contributed by atoms with Crippen LogP contribution in [0.3, 0.4) is 0 Å². The van der Waals surface area contributed by atoms with Crippen molar-refractivity contribution in [2.75, 3.05) is 13.2 Å². The van der Waals surface area contributed by atoms with E-state index in [1.807, 2.05) is 0 Å². The van der Waals surface area contributed by atoms with Crippen LogP contribution in [0, 0.1) is 5.82 Å². The first kappa shape index (κ1) is 10.5. The summed E-state index contributed by atoms with van der Waals surface area (Å²) in [6.45, 7) is 0.789. The molecular formula is C10H8ClFO3. The van der Waals surface area contributed by atoms with Gasteiger partial charge >= 0.3 is 0 Å². The first-order chi connectivity index (χ1) is 7.24. The van der Waals surface area contributed by atoms with Gasteiger partial charge in [-0.1, -0.05) is 11.6 Å². The van der Waals surface area contributed by atoms with E-state index in [2.05, 4.69) is 0 Å². The molecule has 1 aliphatic heterocycles. The molecule has 0 bridgehead atoms. The number of carbonyl (C=O) groups excluding carboxylic acids is 1. The number of benzene rings is 1. The van der Waals surface area contributed by atoms with Crippen molar-refractivity contribution in [3.63, 3.8) is 0 Å². The second-order valence-electron chi connectivity index (χ2n) is 3.06. The van der Waals surface area contributed by atoms with Gasteiger partial charge in [0.1, 0.15) is 5.82 Å². The van der Waals surface area contributed by atoms with E-state index < -0.39 is 12.1 Å². The molecule has 1 fully saturated rings. The zero-order chi connectivity index (χ0) is 10.8. The van der Waals surface area contributed by atoms with E-state index in [9.17, 15) is 9.18 Å². The molecule has 0 amide bonds. The molecule has 0 N–H and O–H groups in total. The third-order valence-electron chi connectivity index (χ3n) is 2.14. The van der Waals surface area contributed by atoms with Crippen molar-refractivity contribution in [3.8, 4) is 0 Å². The summed E-state index contributed by atoms with van der Waals surface area (Å²) in [5.74, 6) is -0.530. The van der Waals surface area contributed by atoms with Crippen molar-refractivity contribution < 1.29 is 18.7 Å². The summed E-state index contributed by atoms with van der Waals surface area (Å²) in [6, 6.07) is 2.50. The monoisotopic (exact) mass is 230 g/mol. The number of halogens is 2. The molecule has 1 aliphatic rings. The summed E-state index contributed by atoms with van der Waals surface area (Å²) in [7, 11) is 0. The molecule has 0 unspecified atom stereocenters. The molecule has 3 nitrogen and oxygen atoms in total. The van der Waals surface area contributed by atoms with Crippen LogP contribution < -0.4 is 0 Å². The van der Waals surface area contributed by atoms with Gasteiger partial charge in [-0.25, -0.2) is 4.39 Å². The average Bonchev–Trinajstić information content (AvgIpc) is 2.71. The van der Waals surface area contributed by atoms with Crippen molar-refractivity contribution in [1.29, 1.82) is 0 Å². The molecule has 0 aliphatic carbocycles. The summed E-state index contributed by atoms with van der Waals surface area (Å²) < 4.78 is 23.7. The fourth-order valence-corrected chi connectivity index (χ4v) is 1.71. The molecule has 15 heavy (non-hydrogen) atoms. The van der Waals surface area contributed by atoms with Crippen LogP contribution in [0.4, 0.5) is 4.39 Å². The molecule has 0 atom stereocenters. The highest BCUT2D eigenvalue weighted by Crippen LogP contribution is 2.33. The van der Waals surface area contributed by atoms with E-state index in [0.29, 0.717) is 19.5 Å². The number of carbonyl (C=O) groups is 1. The highest BCUT2D eigenvalue weighted by molar-refractivity contribution is 6.33. The maximum absolute atomic E-state index is 13.5. The summed E-state index contributed by atoms with van der Waals surface area (Å²) in [4.78, 5) is 10.6. The molecule has 0 radical (unpaired) electrons. The molecule has 5 heteroatoms. The third kappa shape index (κ3) is 1.88. The van der Waals surface area contributed by atoms with Crippen molar-refractivity contribution >= 4 is 17.9 Å². The third-order valence-corrected chi connectivity index (χ3v) is 2.56.